The Morgan fingerprint density at radius 3 is 0.758 bits per heavy atom. The highest BCUT2D eigenvalue weighted by atomic mass is 33.1. The maximum Gasteiger partial charge on any atom is 0.646 e. The van der Waals surface area contributed by atoms with Crippen molar-refractivity contribution in [2.75, 3.05) is 89.1 Å². The van der Waals surface area contributed by atoms with Crippen LogP contribution in [0.1, 0.15) is 94.9 Å². The Bertz CT molecular complexity index is 1010. The molecular weight excluding hydrogens is 997 g/mol. The first-order valence-electron chi connectivity index (χ1n) is 22.9. The zero-order chi connectivity index (χ0) is 46.5. The Morgan fingerprint density at radius 1 is 0.323 bits per heavy atom. The molecule has 0 aromatic carbocycles. The summed E-state index contributed by atoms with van der Waals surface area (Å²) in [4.78, 5) is 0. The van der Waals surface area contributed by atoms with Crippen LogP contribution in [0.2, 0.25) is 50.4 Å². The zero-order valence-corrected chi connectivity index (χ0v) is 51.1. The summed E-state index contributed by atoms with van der Waals surface area (Å²) in [6.07, 6.45) is 3.52. The average Bonchev–Trinajstić information content (AvgIpc) is 3.16. The van der Waals surface area contributed by atoms with E-state index in [9.17, 15) is 0 Å². The first kappa shape index (κ1) is 62.3. The minimum absolute atomic E-state index is 0.405. The van der Waals surface area contributed by atoms with Crippen LogP contribution < -0.4 is 0 Å². The van der Waals surface area contributed by atoms with E-state index in [1.165, 1.54) is 0 Å². The van der Waals surface area contributed by atoms with Crippen LogP contribution in [-0.4, -0.2) is 150 Å². The number of hydrogen-bond acceptors (Lipinski definition) is 19. The molecule has 1 rings (SSSR count). The molecule has 0 aliphatic carbocycles. The lowest BCUT2D eigenvalue weighted by atomic mass is 10.6. The lowest BCUT2D eigenvalue weighted by molar-refractivity contribution is 0.00729. The fourth-order valence-corrected chi connectivity index (χ4v) is 39.9. The number of hydrogen-bond donors (Lipinski definition) is 0. The summed E-state index contributed by atoms with van der Waals surface area (Å²) in [7, 11) is -14.6. The van der Waals surface area contributed by atoms with Crippen molar-refractivity contribution in [1.82, 2.24) is 0 Å². The van der Waals surface area contributed by atoms with Crippen LogP contribution >= 0.6 is 43.2 Å². The molecule has 0 bridgehead atoms. The fourth-order valence-electron chi connectivity index (χ4n) is 6.84. The second kappa shape index (κ2) is 33.8. The van der Waals surface area contributed by atoms with Gasteiger partial charge in [-0.1, -0.05) is 43.2 Å². The molecule has 1 saturated heterocycles. The van der Waals surface area contributed by atoms with Crippen LogP contribution in [0.15, 0.2) is 0 Å². The molecule has 0 N–H and O–H groups in total. The first-order valence-corrected chi connectivity index (χ1v) is 42.9. The molecule has 1 fully saturated rings. The topological polar surface area (TPSA) is 138 Å². The largest absolute Gasteiger partial charge is 0.646 e. The molecule has 0 spiro atoms. The van der Waals surface area contributed by atoms with Crippen LogP contribution in [0.4, 0.5) is 0 Å². The molecule has 0 unspecified atom stereocenters. The van der Waals surface area contributed by atoms with E-state index in [0.29, 0.717) is 78.2 Å². The van der Waals surface area contributed by atoms with Crippen LogP contribution in [0.25, 0.3) is 0 Å². The van der Waals surface area contributed by atoms with Gasteiger partial charge >= 0.3 is 61.4 Å². The van der Waals surface area contributed by atoms with Crippen LogP contribution in [-0.2, 0) is 64.8 Å². The summed E-state index contributed by atoms with van der Waals surface area (Å²) in [6, 6.07) is 2.75. The van der Waals surface area contributed by atoms with Gasteiger partial charge in [0, 0.05) is 113 Å². The normalized spacial score (nSPS) is 16.9. The number of rotatable bonds is 42. The van der Waals surface area contributed by atoms with E-state index in [0.717, 1.165) is 60.8 Å². The van der Waals surface area contributed by atoms with Gasteiger partial charge in [0.2, 0.25) is 0 Å². The molecule has 1 aliphatic heterocycles. The van der Waals surface area contributed by atoms with E-state index >= 15 is 0 Å². The molecule has 0 amide bonds. The molecule has 1 aliphatic rings. The van der Waals surface area contributed by atoms with Crippen molar-refractivity contribution >= 4 is 105 Å². The lowest BCUT2D eigenvalue weighted by Gasteiger charge is -2.50. The summed E-state index contributed by atoms with van der Waals surface area (Å²) >= 11 is 0. The fraction of sp³-hybridized carbons (Fsp3) is 1.00. The third-order valence-corrected chi connectivity index (χ3v) is 39.1. The average molecular weight is 1080 g/mol. The quantitative estimate of drug-likeness (QED) is 0.0325. The Hall–Kier alpha value is 2.32. The zero-order valence-electron chi connectivity index (χ0n) is 40.8. The van der Waals surface area contributed by atoms with Crippen LogP contribution in [0, 0.1) is 0 Å². The molecule has 1 heterocycles. The Morgan fingerprint density at radius 2 is 0.532 bits per heavy atom. The molecule has 372 valence electrons. The van der Waals surface area contributed by atoms with Gasteiger partial charge in [0.1, 0.15) is 0 Å². The van der Waals surface area contributed by atoms with E-state index < -0.39 is 61.4 Å². The van der Waals surface area contributed by atoms with Crippen molar-refractivity contribution in [2.24, 2.45) is 0 Å². The Labute approximate surface area is 401 Å². The van der Waals surface area contributed by atoms with E-state index in [1.807, 2.05) is 139 Å². The highest BCUT2D eigenvalue weighted by Crippen LogP contribution is 2.39. The maximum atomic E-state index is 7.21. The minimum Gasteiger partial charge on any atom is -0.416 e. The summed E-state index contributed by atoms with van der Waals surface area (Å²) < 4.78 is 97.2. The van der Waals surface area contributed by atoms with Gasteiger partial charge in [0.15, 0.2) is 0 Å². The van der Waals surface area contributed by atoms with Crippen LogP contribution in [0.5, 0.6) is 0 Å². The van der Waals surface area contributed by atoms with Crippen molar-refractivity contribution in [3.8, 4) is 0 Å². The van der Waals surface area contributed by atoms with Gasteiger partial charge in [-0.2, -0.15) is 0 Å². The molecule has 62 heavy (non-hydrogen) atoms. The lowest BCUT2D eigenvalue weighted by Crippen LogP contribution is -2.75. The molecule has 0 atom stereocenters. The van der Waals surface area contributed by atoms with Crippen molar-refractivity contribution in [3.05, 3.63) is 0 Å². The predicted molar refractivity (Wildman–Crippen MR) is 273 cm³/mol. The standard InChI is InChI=1S/C36H86O15S4Si7/c1-15-37-58(38-16-2,39-17-3)33-25-29-52-54-31-27-35-60(43-21-7,44-22-8)50-62(48-56(11,12)47-57(13,14)49-62)51-61(45-23-9,46-24-10)36-28-32-55-53-30-26-34-59(40-18-4,41-19-5)42-20-6/h15-36H2,1-14H3. The van der Waals surface area contributed by atoms with E-state index in [2.05, 4.69) is 0 Å². The van der Waals surface area contributed by atoms with Crippen molar-refractivity contribution in [3.63, 3.8) is 0 Å². The summed E-state index contributed by atoms with van der Waals surface area (Å²) in [6.45, 7) is 33.0. The third kappa shape index (κ3) is 24.2. The maximum absolute atomic E-state index is 7.21. The molecule has 0 aromatic heterocycles. The van der Waals surface area contributed by atoms with Gasteiger partial charge in [-0.25, -0.2) is 0 Å². The molecule has 0 saturated carbocycles. The van der Waals surface area contributed by atoms with E-state index in [4.69, 9.17) is 64.8 Å². The van der Waals surface area contributed by atoms with Gasteiger partial charge in [-0.15, -0.1) is 0 Å². The summed E-state index contributed by atoms with van der Waals surface area (Å²) in [5, 5.41) is 0. The molecule has 26 heteroatoms. The van der Waals surface area contributed by atoms with Gasteiger partial charge in [0.25, 0.3) is 0 Å². The molecular formula is C36H86O15S4Si7. The monoisotopic (exact) mass is 1080 g/mol. The van der Waals surface area contributed by atoms with Gasteiger partial charge in [0.05, 0.1) is 0 Å². The van der Waals surface area contributed by atoms with Crippen molar-refractivity contribution in [1.29, 1.82) is 0 Å². The Balaban J connectivity index is 3.17. The van der Waals surface area contributed by atoms with Crippen LogP contribution in [0.3, 0.4) is 0 Å². The molecule has 0 radical (unpaired) electrons. The second-order valence-electron chi connectivity index (χ2n) is 14.6. The summed E-state index contributed by atoms with van der Waals surface area (Å²) in [5.41, 5.74) is 0. The second-order valence-corrected chi connectivity index (χ2v) is 41.0. The highest BCUT2D eigenvalue weighted by molar-refractivity contribution is 8.77. The van der Waals surface area contributed by atoms with Crippen molar-refractivity contribution in [2.45, 2.75) is 145 Å². The predicted octanol–water partition coefficient (Wildman–Crippen LogP) is 10.4. The van der Waals surface area contributed by atoms with E-state index in [1.54, 1.807) is 0 Å². The van der Waals surface area contributed by atoms with Gasteiger partial charge in [-0.3, -0.25) is 0 Å². The molecule has 15 nitrogen and oxygen atoms in total. The minimum atomic E-state index is -4.09. The van der Waals surface area contributed by atoms with Gasteiger partial charge in [-0.05, 0) is 121 Å². The van der Waals surface area contributed by atoms with Gasteiger partial charge < -0.3 is 64.8 Å². The SMILES string of the molecule is CCO[Si](CCCSSCCC[Si](OCC)(OCC)O[Si]1(O[Si](CCCSSCCC[Si](OCC)(OCC)OCC)(OCC)OCC)O[Si](C)(C)O[Si](C)(C)O1)(OCC)OCC. The molecule has 0 aromatic rings. The van der Waals surface area contributed by atoms with E-state index in [-0.39, 0.29) is 0 Å². The Kier molecular flexibility index (Phi) is 34.0. The highest BCUT2D eigenvalue weighted by Gasteiger charge is 2.68. The van der Waals surface area contributed by atoms with Crippen molar-refractivity contribution < 1.29 is 64.8 Å². The smallest absolute Gasteiger partial charge is 0.416 e. The third-order valence-electron chi connectivity index (χ3n) is 8.45. The first-order chi connectivity index (χ1) is 29.6. The summed E-state index contributed by atoms with van der Waals surface area (Å²) in [5.74, 6) is 3.70.